The SMILES string of the molecule is CC(C)N1CCC(NC(=S)NC(NC(=O)CCC2CCCCCCC2)C(Cl)(Cl)Cl)CC1. The van der Waals surface area contributed by atoms with Crippen LogP contribution in [0.1, 0.15) is 84.5 Å². The molecule has 1 aliphatic carbocycles. The fourth-order valence-corrected chi connectivity index (χ4v) is 5.13. The number of thiocarbonyl (C=S) groups is 1. The third-order valence-electron chi connectivity index (χ3n) is 6.51. The van der Waals surface area contributed by atoms with Crippen molar-refractivity contribution in [1.82, 2.24) is 20.9 Å². The molecule has 3 N–H and O–H groups in total. The minimum absolute atomic E-state index is 0.112. The lowest BCUT2D eigenvalue weighted by molar-refractivity contribution is -0.122. The number of hydrogen-bond donors (Lipinski definition) is 3. The Morgan fingerprint density at radius 1 is 1.00 bits per heavy atom. The van der Waals surface area contributed by atoms with E-state index in [1.807, 2.05) is 0 Å². The maximum Gasteiger partial charge on any atom is 0.228 e. The Kier molecular flexibility index (Phi) is 12.0. The fourth-order valence-electron chi connectivity index (χ4n) is 4.52. The van der Waals surface area contributed by atoms with Crippen LogP contribution >= 0.6 is 47.0 Å². The van der Waals surface area contributed by atoms with Gasteiger partial charge in [0.05, 0.1) is 0 Å². The number of carbonyl (C=O) groups excluding carboxylic acids is 1. The van der Waals surface area contributed by atoms with E-state index in [4.69, 9.17) is 47.0 Å². The molecule has 5 nitrogen and oxygen atoms in total. The van der Waals surface area contributed by atoms with E-state index in [0.29, 0.717) is 23.5 Å². The first-order valence-electron chi connectivity index (χ1n) is 11.8. The van der Waals surface area contributed by atoms with Crippen LogP contribution in [0.15, 0.2) is 0 Å². The van der Waals surface area contributed by atoms with E-state index in [9.17, 15) is 4.79 Å². The molecular formula is C22H39Cl3N4OS. The van der Waals surface area contributed by atoms with E-state index < -0.39 is 9.96 Å². The number of halogens is 3. The highest BCUT2D eigenvalue weighted by Gasteiger charge is 2.35. The molecule has 1 unspecified atom stereocenters. The Morgan fingerprint density at radius 3 is 2.13 bits per heavy atom. The highest BCUT2D eigenvalue weighted by molar-refractivity contribution is 7.80. The first-order chi connectivity index (χ1) is 14.6. The summed E-state index contributed by atoms with van der Waals surface area (Å²) >= 11 is 23.8. The molecule has 180 valence electrons. The van der Waals surface area contributed by atoms with E-state index in [1.165, 1.54) is 44.9 Å². The Labute approximate surface area is 208 Å². The number of amides is 1. The van der Waals surface area contributed by atoms with Crippen molar-refractivity contribution in [3.05, 3.63) is 0 Å². The van der Waals surface area contributed by atoms with Crippen LogP contribution in [0.4, 0.5) is 0 Å². The second-order valence-electron chi connectivity index (χ2n) is 9.31. The summed E-state index contributed by atoms with van der Waals surface area (Å²) in [6.07, 6.45) is 11.4. The Morgan fingerprint density at radius 2 is 1.58 bits per heavy atom. The van der Waals surface area contributed by atoms with Crippen molar-refractivity contribution < 1.29 is 4.79 Å². The molecule has 0 spiro atoms. The third kappa shape index (κ3) is 10.6. The van der Waals surface area contributed by atoms with Crippen molar-refractivity contribution in [2.75, 3.05) is 13.1 Å². The lowest BCUT2D eigenvalue weighted by Gasteiger charge is -2.36. The van der Waals surface area contributed by atoms with Gasteiger partial charge in [0.1, 0.15) is 6.17 Å². The molecule has 0 aromatic heterocycles. The van der Waals surface area contributed by atoms with Crippen LogP contribution in [-0.4, -0.2) is 51.1 Å². The van der Waals surface area contributed by atoms with Gasteiger partial charge in [0.25, 0.3) is 0 Å². The second-order valence-corrected chi connectivity index (χ2v) is 12.1. The normalized spacial score (nSPS) is 21.2. The summed E-state index contributed by atoms with van der Waals surface area (Å²) in [7, 11) is 0. The predicted octanol–water partition coefficient (Wildman–Crippen LogP) is 5.28. The number of hydrogen-bond acceptors (Lipinski definition) is 3. The van der Waals surface area contributed by atoms with Gasteiger partial charge in [0.2, 0.25) is 9.70 Å². The number of piperidine rings is 1. The molecule has 1 aliphatic heterocycles. The maximum atomic E-state index is 12.6. The number of alkyl halides is 3. The van der Waals surface area contributed by atoms with Crippen molar-refractivity contribution in [3.8, 4) is 0 Å². The molecule has 31 heavy (non-hydrogen) atoms. The van der Waals surface area contributed by atoms with Crippen LogP contribution in [0.2, 0.25) is 0 Å². The Balaban J connectivity index is 1.77. The molecule has 1 amide bonds. The van der Waals surface area contributed by atoms with Gasteiger partial charge < -0.3 is 20.9 Å². The summed E-state index contributed by atoms with van der Waals surface area (Å²) in [5, 5.41) is 9.56. The smallest absolute Gasteiger partial charge is 0.228 e. The van der Waals surface area contributed by atoms with Crippen molar-refractivity contribution >= 4 is 58.0 Å². The number of nitrogens with one attached hydrogen (secondary N) is 3. The van der Waals surface area contributed by atoms with Gasteiger partial charge in [-0.05, 0) is 51.2 Å². The molecule has 1 saturated carbocycles. The molecule has 2 rings (SSSR count). The highest BCUT2D eigenvalue weighted by Crippen LogP contribution is 2.30. The summed E-state index contributed by atoms with van der Waals surface area (Å²) in [6, 6.07) is 0.832. The van der Waals surface area contributed by atoms with Gasteiger partial charge in [-0.3, -0.25) is 4.79 Å². The van der Waals surface area contributed by atoms with Crippen molar-refractivity contribution in [3.63, 3.8) is 0 Å². The molecule has 2 aliphatic rings. The van der Waals surface area contributed by atoms with Gasteiger partial charge in [-0.1, -0.05) is 79.7 Å². The molecule has 0 aromatic carbocycles. The number of rotatable bonds is 7. The summed E-state index contributed by atoms with van der Waals surface area (Å²) in [5.41, 5.74) is 0. The van der Waals surface area contributed by atoms with Crippen molar-refractivity contribution in [1.29, 1.82) is 0 Å². The standard InChI is InChI=1S/C22H39Cl3N4OS/c1-16(2)29-14-12-18(13-15-29)26-21(31)28-20(22(23,24)25)27-19(30)11-10-17-8-6-4-3-5-7-9-17/h16-18,20H,3-15H2,1-2H3,(H,27,30)(H2,26,28,31). The lowest BCUT2D eigenvalue weighted by atomic mass is 9.88. The largest absolute Gasteiger partial charge is 0.360 e. The number of likely N-dealkylation sites (tertiary alicyclic amines) is 1. The van der Waals surface area contributed by atoms with Gasteiger partial charge in [-0.15, -0.1) is 0 Å². The summed E-state index contributed by atoms with van der Waals surface area (Å²) in [6.45, 7) is 6.49. The average Bonchev–Trinajstić information content (AvgIpc) is 2.66. The van der Waals surface area contributed by atoms with Crippen molar-refractivity contribution in [2.24, 2.45) is 5.92 Å². The lowest BCUT2D eigenvalue weighted by Crippen LogP contribution is -2.59. The summed E-state index contributed by atoms with van der Waals surface area (Å²) in [5.74, 6) is 0.503. The zero-order valence-corrected chi connectivity index (χ0v) is 22.0. The van der Waals surface area contributed by atoms with E-state index >= 15 is 0 Å². The van der Waals surface area contributed by atoms with E-state index in [1.54, 1.807) is 0 Å². The summed E-state index contributed by atoms with van der Waals surface area (Å²) < 4.78 is -1.71. The molecule has 0 bridgehead atoms. The van der Waals surface area contributed by atoms with E-state index in [-0.39, 0.29) is 11.9 Å². The zero-order chi connectivity index (χ0) is 22.9. The average molecular weight is 514 g/mol. The Bertz CT molecular complexity index is 557. The van der Waals surface area contributed by atoms with Gasteiger partial charge in [0.15, 0.2) is 5.11 Å². The molecule has 2 fully saturated rings. The van der Waals surface area contributed by atoms with Crippen LogP contribution in [0, 0.1) is 5.92 Å². The fraction of sp³-hybridized carbons (Fsp3) is 0.909. The van der Waals surface area contributed by atoms with Gasteiger partial charge in [-0.25, -0.2) is 0 Å². The molecule has 1 atom stereocenters. The molecule has 9 heteroatoms. The molecule has 1 saturated heterocycles. The first-order valence-corrected chi connectivity index (χ1v) is 13.4. The topological polar surface area (TPSA) is 56.4 Å². The molecular weight excluding hydrogens is 475 g/mol. The van der Waals surface area contributed by atoms with Crippen LogP contribution < -0.4 is 16.0 Å². The van der Waals surface area contributed by atoms with Crippen LogP contribution in [-0.2, 0) is 4.79 Å². The van der Waals surface area contributed by atoms with Crippen molar-refractivity contribution in [2.45, 2.75) is 107 Å². The second kappa shape index (κ2) is 13.6. The minimum Gasteiger partial charge on any atom is -0.360 e. The quantitative estimate of drug-likeness (QED) is 0.246. The predicted molar refractivity (Wildman–Crippen MR) is 136 cm³/mol. The van der Waals surface area contributed by atoms with Crippen LogP contribution in [0.25, 0.3) is 0 Å². The molecule has 0 aromatic rings. The number of carbonyl (C=O) groups is 1. The summed E-state index contributed by atoms with van der Waals surface area (Å²) in [4.78, 5) is 15.0. The third-order valence-corrected chi connectivity index (χ3v) is 7.40. The van der Waals surface area contributed by atoms with E-state index in [2.05, 4.69) is 34.7 Å². The molecule has 0 radical (unpaired) electrons. The Hall–Kier alpha value is -0.0100. The van der Waals surface area contributed by atoms with Crippen LogP contribution in [0.5, 0.6) is 0 Å². The van der Waals surface area contributed by atoms with Gasteiger partial charge in [-0.2, -0.15) is 0 Å². The highest BCUT2D eigenvalue weighted by atomic mass is 35.6. The maximum absolute atomic E-state index is 12.6. The first kappa shape index (κ1) is 27.2. The monoisotopic (exact) mass is 512 g/mol. The van der Waals surface area contributed by atoms with Gasteiger partial charge >= 0.3 is 0 Å². The zero-order valence-electron chi connectivity index (χ0n) is 18.9. The number of nitrogens with zero attached hydrogens (tertiary/aromatic N) is 1. The minimum atomic E-state index is -1.71. The van der Waals surface area contributed by atoms with Crippen LogP contribution in [0.3, 0.4) is 0 Å². The molecule has 1 heterocycles. The van der Waals surface area contributed by atoms with E-state index in [0.717, 1.165) is 32.4 Å². The van der Waals surface area contributed by atoms with Gasteiger partial charge in [0, 0.05) is 31.6 Å².